The highest BCUT2D eigenvalue weighted by Crippen LogP contribution is 2.30. The van der Waals surface area contributed by atoms with Gasteiger partial charge in [0.25, 0.3) is 0 Å². The fraction of sp³-hybridized carbons (Fsp3) is 0.643. The maximum absolute atomic E-state index is 9.19. The van der Waals surface area contributed by atoms with Gasteiger partial charge in [-0.05, 0) is 37.5 Å². The molecule has 0 aromatic carbocycles. The van der Waals surface area contributed by atoms with Crippen molar-refractivity contribution in [3.63, 3.8) is 0 Å². The molecule has 1 N–H and O–H groups in total. The molecule has 0 aliphatic heterocycles. The summed E-state index contributed by atoms with van der Waals surface area (Å²) in [6.45, 7) is 1.25. The molecule has 0 amide bonds. The Kier molecular flexibility index (Phi) is 3.82. The van der Waals surface area contributed by atoms with E-state index in [9.17, 15) is 5.11 Å². The molecular formula is C14H20N4O2. The van der Waals surface area contributed by atoms with E-state index in [0.717, 1.165) is 43.4 Å². The van der Waals surface area contributed by atoms with Crippen LogP contribution in [0.4, 0.5) is 0 Å². The first-order chi connectivity index (χ1) is 9.81. The molecule has 0 saturated heterocycles. The molecule has 6 heteroatoms. The SMILES string of the molecule is COc1ncnc2c1ncn2CC1CCC(CO)CC1. The van der Waals surface area contributed by atoms with Crippen LogP contribution in [0.5, 0.6) is 5.88 Å². The lowest BCUT2D eigenvalue weighted by atomic mass is 9.82. The monoisotopic (exact) mass is 276 g/mol. The smallest absolute Gasteiger partial charge is 0.245 e. The zero-order chi connectivity index (χ0) is 13.9. The predicted octanol–water partition coefficient (Wildman–Crippen LogP) is 1.63. The van der Waals surface area contributed by atoms with Crippen molar-refractivity contribution in [2.24, 2.45) is 11.8 Å². The number of hydrogen-bond acceptors (Lipinski definition) is 5. The molecule has 0 spiro atoms. The number of imidazole rings is 1. The summed E-state index contributed by atoms with van der Waals surface area (Å²) in [7, 11) is 1.59. The van der Waals surface area contributed by atoms with Crippen LogP contribution < -0.4 is 4.74 Å². The van der Waals surface area contributed by atoms with Gasteiger partial charge in [0.1, 0.15) is 6.33 Å². The molecule has 3 rings (SSSR count). The van der Waals surface area contributed by atoms with Gasteiger partial charge in [0.05, 0.1) is 13.4 Å². The zero-order valence-electron chi connectivity index (χ0n) is 11.7. The summed E-state index contributed by atoms with van der Waals surface area (Å²) >= 11 is 0. The van der Waals surface area contributed by atoms with E-state index in [-0.39, 0.29) is 0 Å². The second kappa shape index (κ2) is 5.75. The van der Waals surface area contributed by atoms with Gasteiger partial charge in [-0.2, -0.15) is 4.98 Å². The third kappa shape index (κ3) is 2.47. The topological polar surface area (TPSA) is 73.1 Å². The van der Waals surface area contributed by atoms with Crippen molar-refractivity contribution >= 4 is 11.2 Å². The number of nitrogens with zero attached hydrogens (tertiary/aromatic N) is 4. The highest BCUT2D eigenvalue weighted by molar-refractivity contribution is 5.75. The summed E-state index contributed by atoms with van der Waals surface area (Å²) in [5.74, 6) is 1.65. The van der Waals surface area contributed by atoms with Crippen molar-refractivity contribution < 1.29 is 9.84 Å². The second-order valence-corrected chi connectivity index (χ2v) is 5.52. The number of aromatic nitrogens is 4. The van der Waals surface area contributed by atoms with Crippen LogP contribution in [0.15, 0.2) is 12.7 Å². The summed E-state index contributed by atoms with van der Waals surface area (Å²) < 4.78 is 7.29. The largest absolute Gasteiger partial charge is 0.479 e. The van der Waals surface area contributed by atoms with Crippen LogP contribution in [0, 0.1) is 11.8 Å². The maximum Gasteiger partial charge on any atom is 0.245 e. The third-order valence-electron chi connectivity index (χ3n) is 4.24. The number of ether oxygens (including phenoxy) is 1. The van der Waals surface area contributed by atoms with Crippen LogP contribution in [-0.4, -0.2) is 38.3 Å². The van der Waals surface area contributed by atoms with Crippen molar-refractivity contribution in [3.8, 4) is 5.88 Å². The van der Waals surface area contributed by atoms with Gasteiger partial charge in [-0.25, -0.2) is 9.97 Å². The molecule has 0 atom stereocenters. The van der Waals surface area contributed by atoms with E-state index in [1.807, 2.05) is 6.33 Å². The van der Waals surface area contributed by atoms with E-state index < -0.39 is 0 Å². The van der Waals surface area contributed by atoms with Gasteiger partial charge < -0.3 is 14.4 Å². The van der Waals surface area contributed by atoms with Crippen LogP contribution in [-0.2, 0) is 6.54 Å². The Bertz CT molecular complexity index is 576. The lowest BCUT2D eigenvalue weighted by Crippen LogP contribution is -2.20. The molecule has 1 saturated carbocycles. The molecule has 20 heavy (non-hydrogen) atoms. The molecule has 1 aliphatic carbocycles. The van der Waals surface area contributed by atoms with Crippen molar-refractivity contribution in [3.05, 3.63) is 12.7 Å². The van der Waals surface area contributed by atoms with Crippen LogP contribution in [0.1, 0.15) is 25.7 Å². The number of hydrogen-bond donors (Lipinski definition) is 1. The van der Waals surface area contributed by atoms with Crippen molar-refractivity contribution in [1.29, 1.82) is 0 Å². The number of rotatable bonds is 4. The molecule has 1 aliphatic rings. The van der Waals surface area contributed by atoms with E-state index in [1.165, 1.54) is 6.33 Å². The van der Waals surface area contributed by atoms with Crippen LogP contribution in [0.2, 0.25) is 0 Å². The highest BCUT2D eigenvalue weighted by atomic mass is 16.5. The number of fused-ring (bicyclic) bond motifs is 1. The van der Waals surface area contributed by atoms with Gasteiger partial charge in [0.2, 0.25) is 5.88 Å². The van der Waals surface area contributed by atoms with E-state index in [0.29, 0.717) is 24.3 Å². The number of aliphatic hydroxyl groups excluding tert-OH is 1. The predicted molar refractivity (Wildman–Crippen MR) is 74.4 cm³/mol. The van der Waals surface area contributed by atoms with Gasteiger partial charge in [-0.15, -0.1) is 0 Å². The quantitative estimate of drug-likeness (QED) is 0.919. The summed E-state index contributed by atoms with van der Waals surface area (Å²) in [6, 6.07) is 0. The van der Waals surface area contributed by atoms with Crippen LogP contribution >= 0.6 is 0 Å². The Morgan fingerprint density at radius 1 is 1.20 bits per heavy atom. The Labute approximate surface area is 117 Å². The Balaban J connectivity index is 1.75. The van der Waals surface area contributed by atoms with Gasteiger partial charge in [0.15, 0.2) is 11.2 Å². The van der Waals surface area contributed by atoms with E-state index in [2.05, 4.69) is 19.5 Å². The fourth-order valence-corrected chi connectivity index (χ4v) is 3.02. The first-order valence-electron chi connectivity index (χ1n) is 7.12. The Morgan fingerprint density at radius 2 is 1.95 bits per heavy atom. The van der Waals surface area contributed by atoms with E-state index in [1.54, 1.807) is 7.11 Å². The normalized spacial score (nSPS) is 23.1. The summed E-state index contributed by atoms with van der Waals surface area (Å²) in [5.41, 5.74) is 1.56. The lowest BCUT2D eigenvalue weighted by Gasteiger charge is -2.27. The Hall–Kier alpha value is -1.69. The van der Waals surface area contributed by atoms with Crippen LogP contribution in [0.3, 0.4) is 0 Å². The summed E-state index contributed by atoms with van der Waals surface area (Å²) in [4.78, 5) is 12.7. The molecular weight excluding hydrogens is 256 g/mol. The Morgan fingerprint density at radius 3 is 2.65 bits per heavy atom. The minimum Gasteiger partial charge on any atom is -0.479 e. The molecule has 2 aromatic heterocycles. The van der Waals surface area contributed by atoms with Gasteiger partial charge in [-0.3, -0.25) is 0 Å². The molecule has 0 bridgehead atoms. The van der Waals surface area contributed by atoms with Crippen molar-refractivity contribution in [2.45, 2.75) is 32.2 Å². The third-order valence-corrected chi connectivity index (χ3v) is 4.24. The second-order valence-electron chi connectivity index (χ2n) is 5.52. The first-order valence-corrected chi connectivity index (χ1v) is 7.12. The minimum atomic E-state index is 0.325. The molecule has 0 unspecified atom stereocenters. The van der Waals surface area contributed by atoms with E-state index >= 15 is 0 Å². The summed E-state index contributed by atoms with van der Waals surface area (Å²) in [5, 5.41) is 9.19. The molecule has 2 heterocycles. The number of aliphatic hydroxyl groups is 1. The first kappa shape index (κ1) is 13.3. The highest BCUT2D eigenvalue weighted by Gasteiger charge is 2.22. The lowest BCUT2D eigenvalue weighted by molar-refractivity contribution is 0.161. The molecule has 6 nitrogen and oxygen atoms in total. The summed E-state index contributed by atoms with van der Waals surface area (Å²) in [6.07, 6.45) is 7.89. The van der Waals surface area contributed by atoms with Gasteiger partial charge >= 0.3 is 0 Å². The molecule has 108 valence electrons. The van der Waals surface area contributed by atoms with Crippen molar-refractivity contribution in [1.82, 2.24) is 19.5 Å². The van der Waals surface area contributed by atoms with E-state index in [4.69, 9.17) is 4.74 Å². The van der Waals surface area contributed by atoms with Crippen molar-refractivity contribution in [2.75, 3.05) is 13.7 Å². The standard InChI is InChI=1S/C14H20N4O2/c1-20-14-12-13(15-8-16-14)18(9-17-12)6-10-2-4-11(7-19)5-3-10/h8-11,19H,2-7H2,1H3. The molecule has 2 aromatic rings. The minimum absolute atomic E-state index is 0.325. The number of methoxy groups -OCH3 is 1. The average Bonchev–Trinajstić information content (AvgIpc) is 2.91. The van der Waals surface area contributed by atoms with Gasteiger partial charge in [-0.1, -0.05) is 0 Å². The van der Waals surface area contributed by atoms with Crippen LogP contribution in [0.25, 0.3) is 11.2 Å². The molecule has 1 fully saturated rings. The fourth-order valence-electron chi connectivity index (χ4n) is 3.02. The average molecular weight is 276 g/mol. The zero-order valence-corrected chi connectivity index (χ0v) is 11.7. The molecule has 0 radical (unpaired) electrons. The maximum atomic E-state index is 9.19. The van der Waals surface area contributed by atoms with Gasteiger partial charge in [0, 0.05) is 13.2 Å².